The van der Waals surface area contributed by atoms with Gasteiger partial charge in [0.15, 0.2) is 11.5 Å². The van der Waals surface area contributed by atoms with Crippen molar-refractivity contribution in [1.29, 1.82) is 0 Å². The van der Waals surface area contributed by atoms with E-state index in [0.29, 0.717) is 10.4 Å². The quantitative estimate of drug-likeness (QED) is 0.639. The van der Waals surface area contributed by atoms with Gasteiger partial charge in [-0.1, -0.05) is 0 Å². The highest BCUT2D eigenvalue weighted by Crippen LogP contribution is 2.33. The van der Waals surface area contributed by atoms with Gasteiger partial charge in [-0.15, -0.1) is 0 Å². The van der Waals surface area contributed by atoms with E-state index in [2.05, 4.69) is 15.5 Å². The van der Waals surface area contributed by atoms with Gasteiger partial charge in [-0.3, -0.25) is 14.5 Å². The molecule has 0 radical (unpaired) electrons. The average Bonchev–Trinajstić information content (AvgIpc) is 3.31. The number of aromatic nitrogens is 4. The Labute approximate surface area is 162 Å². The zero-order chi connectivity index (χ0) is 21.2. The third-order valence-corrected chi connectivity index (χ3v) is 4.11. The summed E-state index contributed by atoms with van der Waals surface area (Å²) in [6.45, 7) is 0.0126. The molecule has 1 amide bonds. The van der Waals surface area contributed by atoms with E-state index >= 15 is 0 Å². The Bertz CT molecular complexity index is 1020. The van der Waals surface area contributed by atoms with Crippen molar-refractivity contribution in [3.05, 3.63) is 64.1 Å². The summed E-state index contributed by atoms with van der Waals surface area (Å²) in [4.78, 5) is 25.4. The van der Waals surface area contributed by atoms with Crippen LogP contribution in [-0.4, -0.2) is 51.4 Å². The number of carbonyl (C=O) groups is 1. The summed E-state index contributed by atoms with van der Waals surface area (Å²) in [5, 5.41) is 11.7. The van der Waals surface area contributed by atoms with Crippen molar-refractivity contribution in [3.8, 4) is 5.82 Å². The van der Waals surface area contributed by atoms with Gasteiger partial charge in [0.05, 0.1) is 24.1 Å². The van der Waals surface area contributed by atoms with Crippen molar-refractivity contribution < 1.29 is 22.4 Å². The van der Waals surface area contributed by atoms with Crippen LogP contribution in [0.15, 0.2) is 45.9 Å². The van der Waals surface area contributed by atoms with Gasteiger partial charge in [-0.25, -0.2) is 9.78 Å². The molecule has 3 rings (SSSR count). The summed E-state index contributed by atoms with van der Waals surface area (Å²) >= 11 is 0. The zero-order valence-electron chi connectivity index (χ0n) is 15.4. The number of halogens is 3. The lowest BCUT2D eigenvalue weighted by molar-refractivity contribution is -0.143. The monoisotopic (exact) mass is 410 g/mol. The fraction of sp³-hybridized carbons (Fsp3) is 0.294. The highest BCUT2D eigenvalue weighted by Gasteiger charge is 2.41. The summed E-state index contributed by atoms with van der Waals surface area (Å²) in [6.07, 6.45) is -2.61. The topological polar surface area (TPSA) is 109 Å². The molecule has 1 unspecified atom stereocenters. The maximum atomic E-state index is 13.7. The van der Waals surface area contributed by atoms with E-state index in [1.165, 1.54) is 6.26 Å². The Balaban J connectivity index is 1.89. The van der Waals surface area contributed by atoms with Crippen LogP contribution in [0, 0.1) is 0 Å². The number of likely N-dealkylation sites (N-methyl/N-ethyl adjacent to an activating group) is 1. The largest absolute Gasteiger partial charge is 0.468 e. The lowest BCUT2D eigenvalue weighted by Gasteiger charge is -2.22. The van der Waals surface area contributed by atoms with Crippen LogP contribution in [-0.2, 0) is 6.18 Å². The molecule has 12 heteroatoms. The van der Waals surface area contributed by atoms with Gasteiger partial charge >= 0.3 is 6.18 Å². The van der Waals surface area contributed by atoms with Gasteiger partial charge in [-0.2, -0.15) is 23.4 Å². The first-order chi connectivity index (χ1) is 13.7. The molecule has 0 saturated heterocycles. The third-order valence-electron chi connectivity index (χ3n) is 4.11. The second kappa shape index (κ2) is 7.91. The highest BCUT2D eigenvalue weighted by molar-refractivity contribution is 5.95. The number of aromatic amines is 1. The second-order valence-electron chi connectivity index (χ2n) is 6.30. The van der Waals surface area contributed by atoms with Gasteiger partial charge < -0.3 is 9.73 Å². The number of rotatable bonds is 6. The summed E-state index contributed by atoms with van der Waals surface area (Å²) in [7, 11) is 3.50. The Morgan fingerprint density at radius 2 is 2.10 bits per heavy atom. The van der Waals surface area contributed by atoms with Gasteiger partial charge in [0, 0.05) is 12.6 Å². The van der Waals surface area contributed by atoms with Crippen LogP contribution < -0.4 is 10.9 Å². The minimum Gasteiger partial charge on any atom is -0.468 e. The van der Waals surface area contributed by atoms with Gasteiger partial charge in [-0.05, 0) is 32.3 Å². The molecule has 0 aliphatic heterocycles. The van der Waals surface area contributed by atoms with E-state index < -0.39 is 28.9 Å². The van der Waals surface area contributed by atoms with Crippen LogP contribution in [0.4, 0.5) is 13.2 Å². The maximum absolute atomic E-state index is 13.7. The molecule has 9 nitrogen and oxygen atoms in total. The number of amides is 1. The van der Waals surface area contributed by atoms with Gasteiger partial charge in [0.2, 0.25) is 0 Å². The van der Waals surface area contributed by atoms with Crippen LogP contribution in [0.5, 0.6) is 0 Å². The fourth-order valence-electron chi connectivity index (χ4n) is 2.72. The first-order valence-corrected chi connectivity index (χ1v) is 8.38. The fourth-order valence-corrected chi connectivity index (χ4v) is 2.72. The van der Waals surface area contributed by atoms with Crippen LogP contribution >= 0.6 is 0 Å². The van der Waals surface area contributed by atoms with Crippen LogP contribution in [0.25, 0.3) is 5.82 Å². The van der Waals surface area contributed by atoms with Gasteiger partial charge in [0.1, 0.15) is 5.76 Å². The normalized spacial score (nSPS) is 12.9. The van der Waals surface area contributed by atoms with Crippen molar-refractivity contribution in [1.82, 2.24) is 30.2 Å². The molecule has 0 aliphatic rings. The average molecular weight is 410 g/mol. The molecular formula is C17H17F3N6O3. The predicted molar refractivity (Wildman–Crippen MR) is 94.5 cm³/mol. The molecule has 0 saturated carbocycles. The third kappa shape index (κ3) is 4.37. The highest BCUT2D eigenvalue weighted by atomic mass is 19.4. The smallest absolute Gasteiger partial charge is 0.434 e. The number of furan rings is 1. The maximum Gasteiger partial charge on any atom is 0.434 e. The summed E-state index contributed by atoms with van der Waals surface area (Å²) in [5.41, 5.74) is -2.54. The molecule has 0 aromatic carbocycles. The summed E-state index contributed by atoms with van der Waals surface area (Å²) in [6, 6.07) is 5.09. The van der Waals surface area contributed by atoms with E-state index in [4.69, 9.17) is 4.42 Å². The number of H-pyrrole nitrogens is 1. The SMILES string of the molecule is CN(C)C(CNC(=O)c1cnn(-c2ccc(=O)[nH]n2)c1C(F)(F)F)c1ccco1. The molecule has 0 bridgehead atoms. The molecule has 3 aromatic rings. The van der Waals surface area contributed by atoms with E-state index in [0.717, 1.165) is 18.3 Å². The number of hydrogen-bond donors (Lipinski definition) is 2. The second-order valence-corrected chi connectivity index (χ2v) is 6.30. The minimum atomic E-state index is -4.89. The number of carbonyl (C=O) groups excluding carboxylic acids is 1. The first-order valence-electron chi connectivity index (χ1n) is 8.38. The first kappa shape index (κ1) is 20.3. The lowest BCUT2D eigenvalue weighted by Crippen LogP contribution is -2.35. The molecule has 154 valence electrons. The van der Waals surface area contributed by atoms with Crippen molar-refractivity contribution in [2.45, 2.75) is 12.2 Å². The minimum absolute atomic E-state index is 0.0126. The molecule has 0 spiro atoms. The molecule has 3 heterocycles. The van der Waals surface area contributed by atoms with Crippen LogP contribution in [0.2, 0.25) is 0 Å². The molecule has 2 N–H and O–H groups in total. The van der Waals surface area contributed by atoms with Crippen molar-refractivity contribution in [2.75, 3.05) is 20.6 Å². The predicted octanol–water partition coefficient (Wildman–Crippen LogP) is 1.60. The molecule has 1 atom stereocenters. The molecule has 0 aliphatic carbocycles. The Morgan fingerprint density at radius 1 is 1.34 bits per heavy atom. The van der Waals surface area contributed by atoms with Crippen LogP contribution in [0.1, 0.15) is 27.9 Å². The number of hydrogen-bond acceptors (Lipinski definition) is 6. The standard InChI is InChI=1S/C17H17F3N6O3/c1-25(2)11(12-4-3-7-29-12)9-21-16(28)10-8-22-26(15(10)17(18,19)20)13-5-6-14(27)24-23-13/h3-8,11H,9H2,1-2H3,(H,21,28)(H,24,27). The zero-order valence-corrected chi connectivity index (χ0v) is 15.4. The van der Waals surface area contributed by atoms with Crippen LogP contribution in [0.3, 0.4) is 0 Å². The van der Waals surface area contributed by atoms with Crippen molar-refractivity contribution in [2.24, 2.45) is 0 Å². The lowest BCUT2D eigenvalue weighted by atomic mass is 10.2. The van der Waals surface area contributed by atoms with Crippen molar-refractivity contribution >= 4 is 5.91 Å². The van der Waals surface area contributed by atoms with E-state index in [-0.39, 0.29) is 18.4 Å². The Hall–Kier alpha value is -3.41. The molecule has 0 fully saturated rings. The van der Waals surface area contributed by atoms with Gasteiger partial charge in [0.25, 0.3) is 11.5 Å². The van der Waals surface area contributed by atoms with E-state index in [1.807, 2.05) is 5.10 Å². The Morgan fingerprint density at radius 3 is 2.66 bits per heavy atom. The number of alkyl halides is 3. The number of nitrogens with one attached hydrogen (secondary N) is 2. The van der Waals surface area contributed by atoms with E-state index in [9.17, 15) is 22.8 Å². The molecular weight excluding hydrogens is 393 g/mol. The van der Waals surface area contributed by atoms with Crippen molar-refractivity contribution in [3.63, 3.8) is 0 Å². The Kier molecular flexibility index (Phi) is 5.55. The summed E-state index contributed by atoms with van der Waals surface area (Å²) < 4.78 is 46.7. The molecule has 29 heavy (non-hydrogen) atoms. The summed E-state index contributed by atoms with van der Waals surface area (Å²) in [5.74, 6) is -0.677. The van der Waals surface area contributed by atoms with E-state index in [1.54, 1.807) is 31.1 Å². The molecule has 3 aromatic heterocycles. The number of nitrogens with zero attached hydrogens (tertiary/aromatic N) is 4.